The zero-order valence-corrected chi connectivity index (χ0v) is 14.3. The van der Waals surface area contributed by atoms with Crippen LogP contribution in [0.25, 0.3) is 0 Å². The molecule has 1 unspecified atom stereocenters. The van der Waals surface area contributed by atoms with Gasteiger partial charge in [-0.15, -0.1) is 0 Å². The highest BCUT2D eigenvalue weighted by molar-refractivity contribution is 5.53. The molecular weight excluding hydrogens is 306 g/mol. The van der Waals surface area contributed by atoms with Gasteiger partial charge in [-0.25, -0.2) is 0 Å². The number of hydrogen-bond acceptors (Lipinski definition) is 5. The second-order valence-electron chi connectivity index (χ2n) is 5.70. The van der Waals surface area contributed by atoms with Gasteiger partial charge in [0, 0.05) is 6.54 Å². The van der Waals surface area contributed by atoms with E-state index < -0.39 is 0 Å². The van der Waals surface area contributed by atoms with E-state index in [0.29, 0.717) is 12.4 Å². The molecule has 1 aliphatic rings. The summed E-state index contributed by atoms with van der Waals surface area (Å²) < 4.78 is 16.4. The Labute approximate surface area is 142 Å². The van der Waals surface area contributed by atoms with E-state index in [2.05, 4.69) is 11.4 Å². The molecular formula is C19H23NO4. The first-order valence-corrected chi connectivity index (χ1v) is 8.11. The minimum Gasteiger partial charge on any atom is -0.504 e. The third-order valence-corrected chi connectivity index (χ3v) is 4.32. The standard InChI is InChI=1S/C19H23NO4/c1-4-24-18-11-14-12(9-17(18)23-3)7-8-20-19(14)13-5-6-15(21)16(10-13)22-2/h5-6,9-11,19-21H,4,7-8H2,1-3H3. The number of phenolic OH excluding ortho intramolecular Hbond substituents is 1. The van der Waals surface area contributed by atoms with Crippen molar-refractivity contribution in [3.8, 4) is 23.0 Å². The van der Waals surface area contributed by atoms with Gasteiger partial charge in [0.05, 0.1) is 26.9 Å². The van der Waals surface area contributed by atoms with Crippen LogP contribution in [0.15, 0.2) is 30.3 Å². The predicted molar refractivity (Wildman–Crippen MR) is 92.4 cm³/mol. The number of hydrogen-bond donors (Lipinski definition) is 2. The Balaban J connectivity index is 2.06. The van der Waals surface area contributed by atoms with E-state index in [0.717, 1.165) is 30.0 Å². The summed E-state index contributed by atoms with van der Waals surface area (Å²) >= 11 is 0. The summed E-state index contributed by atoms with van der Waals surface area (Å²) in [5, 5.41) is 13.4. The number of ether oxygens (including phenoxy) is 3. The number of rotatable bonds is 5. The molecule has 128 valence electrons. The third-order valence-electron chi connectivity index (χ3n) is 4.32. The van der Waals surface area contributed by atoms with Crippen molar-refractivity contribution >= 4 is 0 Å². The molecule has 1 heterocycles. The number of benzene rings is 2. The van der Waals surface area contributed by atoms with Crippen molar-refractivity contribution in [2.45, 2.75) is 19.4 Å². The molecule has 0 bridgehead atoms. The highest BCUT2D eigenvalue weighted by atomic mass is 16.5. The molecule has 5 nitrogen and oxygen atoms in total. The average molecular weight is 329 g/mol. The first-order chi connectivity index (χ1) is 11.7. The smallest absolute Gasteiger partial charge is 0.161 e. The topological polar surface area (TPSA) is 60.0 Å². The van der Waals surface area contributed by atoms with Crippen LogP contribution in [-0.4, -0.2) is 32.5 Å². The molecule has 0 aromatic heterocycles. The highest BCUT2D eigenvalue weighted by Gasteiger charge is 2.24. The summed E-state index contributed by atoms with van der Waals surface area (Å²) in [5.74, 6) is 2.12. The lowest BCUT2D eigenvalue weighted by Crippen LogP contribution is -2.30. The Morgan fingerprint density at radius 3 is 2.58 bits per heavy atom. The third kappa shape index (κ3) is 2.99. The lowest BCUT2D eigenvalue weighted by molar-refractivity contribution is 0.309. The molecule has 5 heteroatoms. The second kappa shape index (κ2) is 7.01. The van der Waals surface area contributed by atoms with Gasteiger partial charge in [0.15, 0.2) is 23.0 Å². The molecule has 24 heavy (non-hydrogen) atoms. The summed E-state index contributed by atoms with van der Waals surface area (Å²) in [7, 11) is 3.22. The molecule has 0 radical (unpaired) electrons. The summed E-state index contributed by atoms with van der Waals surface area (Å²) in [4.78, 5) is 0. The van der Waals surface area contributed by atoms with Gasteiger partial charge in [0.2, 0.25) is 0 Å². The SMILES string of the molecule is CCOc1cc2c(cc1OC)CCNC2c1ccc(O)c(OC)c1. The monoisotopic (exact) mass is 329 g/mol. The molecule has 0 amide bonds. The molecule has 2 aromatic rings. The summed E-state index contributed by atoms with van der Waals surface area (Å²) in [5.41, 5.74) is 3.45. The van der Waals surface area contributed by atoms with E-state index in [9.17, 15) is 5.11 Å². The van der Waals surface area contributed by atoms with E-state index in [4.69, 9.17) is 14.2 Å². The number of methoxy groups -OCH3 is 2. The predicted octanol–water partition coefficient (Wildman–Crippen LogP) is 3.04. The second-order valence-corrected chi connectivity index (χ2v) is 5.70. The van der Waals surface area contributed by atoms with Crippen molar-refractivity contribution in [2.24, 2.45) is 0 Å². The largest absolute Gasteiger partial charge is 0.504 e. The molecule has 2 aromatic carbocycles. The lowest BCUT2D eigenvalue weighted by Gasteiger charge is -2.29. The minimum absolute atomic E-state index is 0.0216. The van der Waals surface area contributed by atoms with Crippen molar-refractivity contribution < 1.29 is 19.3 Å². The van der Waals surface area contributed by atoms with Crippen molar-refractivity contribution in [3.63, 3.8) is 0 Å². The first kappa shape index (κ1) is 16.5. The molecule has 0 saturated carbocycles. The van der Waals surface area contributed by atoms with Crippen LogP contribution in [0.4, 0.5) is 0 Å². The van der Waals surface area contributed by atoms with Crippen molar-refractivity contribution in [3.05, 3.63) is 47.0 Å². The fraction of sp³-hybridized carbons (Fsp3) is 0.368. The maximum absolute atomic E-state index is 9.83. The van der Waals surface area contributed by atoms with E-state index in [-0.39, 0.29) is 11.8 Å². The Hall–Kier alpha value is -2.40. The lowest BCUT2D eigenvalue weighted by atomic mass is 9.89. The van der Waals surface area contributed by atoms with Gasteiger partial charge in [0.25, 0.3) is 0 Å². The Kier molecular flexibility index (Phi) is 4.81. The van der Waals surface area contributed by atoms with E-state index in [1.54, 1.807) is 20.3 Å². The van der Waals surface area contributed by atoms with Crippen LogP contribution in [0.3, 0.4) is 0 Å². The minimum atomic E-state index is 0.0216. The molecule has 2 N–H and O–H groups in total. The van der Waals surface area contributed by atoms with E-state index >= 15 is 0 Å². The van der Waals surface area contributed by atoms with Crippen molar-refractivity contribution in [1.29, 1.82) is 0 Å². The molecule has 1 aliphatic heterocycles. The molecule has 1 atom stereocenters. The van der Waals surface area contributed by atoms with Crippen molar-refractivity contribution in [2.75, 3.05) is 27.4 Å². The summed E-state index contributed by atoms with van der Waals surface area (Å²) in [6.45, 7) is 3.41. The molecule has 0 aliphatic carbocycles. The zero-order chi connectivity index (χ0) is 17.1. The van der Waals surface area contributed by atoms with Gasteiger partial charge in [-0.05, 0) is 54.3 Å². The van der Waals surface area contributed by atoms with Crippen LogP contribution in [0.2, 0.25) is 0 Å². The maximum atomic E-state index is 9.83. The van der Waals surface area contributed by atoms with Gasteiger partial charge < -0.3 is 24.6 Å². The van der Waals surface area contributed by atoms with Gasteiger partial charge >= 0.3 is 0 Å². The van der Waals surface area contributed by atoms with Gasteiger partial charge in [-0.3, -0.25) is 0 Å². The number of fused-ring (bicyclic) bond motifs is 1. The number of phenols is 1. The van der Waals surface area contributed by atoms with Gasteiger partial charge in [-0.2, -0.15) is 0 Å². The summed E-state index contributed by atoms with van der Waals surface area (Å²) in [6.07, 6.45) is 0.934. The van der Waals surface area contributed by atoms with Crippen LogP contribution < -0.4 is 19.5 Å². The molecule has 0 spiro atoms. The Morgan fingerprint density at radius 1 is 1.08 bits per heavy atom. The fourth-order valence-corrected chi connectivity index (χ4v) is 3.16. The Morgan fingerprint density at radius 2 is 1.88 bits per heavy atom. The average Bonchev–Trinajstić information content (AvgIpc) is 2.61. The molecule has 3 rings (SSSR count). The van der Waals surface area contributed by atoms with Crippen LogP contribution in [0.5, 0.6) is 23.0 Å². The van der Waals surface area contributed by atoms with E-state index in [1.165, 1.54) is 11.1 Å². The highest BCUT2D eigenvalue weighted by Crippen LogP contribution is 2.39. The maximum Gasteiger partial charge on any atom is 0.161 e. The molecule has 0 saturated heterocycles. The zero-order valence-electron chi connectivity index (χ0n) is 14.3. The number of aromatic hydroxyl groups is 1. The van der Waals surface area contributed by atoms with Gasteiger partial charge in [-0.1, -0.05) is 6.07 Å². The molecule has 0 fully saturated rings. The normalized spacial score (nSPS) is 16.4. The van der Waals surface area contributed by atoms with Crippen LogP contribution in [-0.2, 0) is 6.42 Å². The summed E-state index contributed by atoms with van der Waals surface area (Å²) in [6, 6.07) is 9.58. The van der Waals surface area contributed by atoms with E-state index in [1.807, 2.05) is 25.1 Å². The van der Waals surface area contributed by atoms with Crippen LogP contribution >= 0.6 is 0 Å². The quantitative estimate of drug-likeness (QED) is 0.883. The first-order valence-electron chi connectivity index (χ1n) is 8.11. The Bertz CT molecular complexity index is 730. The number of nitrogens with one attached hydrogen (secondary N) is 1. The van der Waals surface area contributed by atoms with Crippen molar-refractivity contribution in [1.82, 2.24) is 5.32 Å². The fourth-order valence-electron chi connectivity index (χ4n) is 3.16. The van der Waals surface area contributed by atoms with Crippen LogP contribution in [0.1, 0.15) is 29.7 Å². The van der Waals surface area contributed by atoms with Crippen LogP contribution in [0, 0.1) is 0 Å². The van der Waals surface area contributed by atoms with Gasteiger partial charge in [0.1, 0.15) is 0 Å².